The molecule has 0 amide bonds. The van der Waals surface area contributed by atoms with E-state index in [1.807, 2.05) is 0 Å². The van der Waals surface area contributed by atoms with Crippen LogP contribution in [0.3, 0.4) is 0 Å². The lowest BCUT2D eigenvalue weighted by atomic mass is 9.76. The Morgan fingerprint density at radius 1 is 1.18 bits per heavy atom. The molecule has 1 rings (SSSR count). The van der Waals surface area contributed by atoms with Crippen LogP contribution in [-0.2, 0) is 4.79 Å². The van der Waals surface area contributed by atoms with E-state index in [0.717, 1.165) is 6.29 Å². The van der Waals surface area contributed by atoms with Gasteiger partial charge in [0.05, 0.1) is 0 Å². The maximum Gasteiger partial charge on any atom is 0.142 e. The fraction of sp³-hybridized carbons (Fsp3) is 0.700. The summed E-state index contributed by atoms with van der Waals surface area (Å²) < 4.78 is 0. The lowest BCUT2D eigenvalue weighted by Crippen LogP contribution is -2.16. The normalized spacial score (nSPS) is 23.7. The van der Waals surface area contributed by atoms with E-state index in [-0.39, 0.29) is 0 Å². The van der Waals surface area contributed by atoms with Gasteiger partial charge < -0.3 is 0 Å². The molecular formula is C10H16O. The van der Waals surface area contributed by atoms with Gasteiger partial charge in [-0.25, -0.2) is 0 Å². The zero-order valence-electron chi connectivity index (χ0n) is 7.18. The van der Waals surface area contributed by atoms with Crippen LogP contribution in [0.1, 0.15) is 39.0 Å². The van der Waals surface area contributed by atoms with Crippen LogP contribution < -0.4 is 0 Å². The van der Waals surface area contributed by atoms with Crippen LogP contribution in [0.15, 0.2) is 12.2 Å². The largest absolute Gasteiger partial charge is 0.299 e. The first-order valence-electron chi connectivity index (χ1n) is 4.40. The zero-order valence-corrected chi connectivity index (χ0v) is 7.18. The number of allylic oxidation sites excluding steroid dienone is 2. The third-order valence-corrected chi connectivity index (χ3v) is 2.57. The summed E-state index contributed by atoms with van der Waals surface area (Å²) in [7, 11) is 0. The minimum atomic E-state index is 0.319. The summed E-state index contributed by atoms with van der Waals surface area (Å²) in [6.07, 6.45) is 11.1. The van der Waals surface area contributed by atoms with Crippen LogP contribution >= 0.6 is 0 Å². The molecule has 0 radical (unpaired) electrons. The van der Waals surface area contributed by atoms with Crippen molar-refractivity contribution < 1.29 is 4.79 Å². The van der Waals surface area contributed by atoms with Crippen molar-refractivity contribution in [2.75, 3.05) is 0 Å². The topological polar surface area (TPSA) is 17.1 Å². The summed E-state index contributed by atoms with van der Waals surface area (Å²) in [5.74, 6) is 0. The molecule has 1 aliphatic rings. The Bertz CT molecular complexity index is 152. The Morgan fingerprint density at radius 2 is 1.82 bits per heavy atom. The lowest BCUT2D eigenvalue weighted by molar-refractivity contribution is -0.104. The Morgan fingerprint density at radius 3 is 2.36 bits per heavy atom. The number of hydrogen-bond donors (Lipinski definition) is 0. The molecular weight excluding hydrogens is 136 g/mol. The molecule has 1 fully saturated rings. The van der Waals surface area contributed by atoms with E-state index in [1.54, 1.807) is 6.08 Å². The van der Waals surface area contributed by atoms with Crippen LogP contribution in [0.2, 0.25) is 0 Å². The smallest absolute Gasteiger partial charge is 0.142 e. The van der Waals surface area contributed by atoms with Gasteiger partial charge in [-0.3, -0.25) is 4.79 Å². The second kappa shape index (κ2) is 3.70. The molecule has 0 aromatic rings. The Kier molecular flexibility index (Phi) is 2.86. The summed E-state index contributed by atoms with van der Waals surface area (Å²) >= 11 is 0. The number of carbonyl (C=O) groups excluding carboxylic acids is 1. The summed E-state index contributed by atoms with van der Waals surface area (Å²) in [4.78, 5) is 10.1. The van der Waals surface area contributed by atoms with Crippen molar-refractivity contribution in [3.8, 4) is 0 Å². The Labute approximate surface area is 68.5 Å². The molecule has 1 nitrogen and oxygen atoms in total. The van der Waals surface area contributed by atoms with E-state index in [9.17, 15) is 4.79 Å². The SMILES string of the molecule is CC1(/C=C/C=O)CCCCC1. The molecule has 0 aromatic carbocycles. The third kappa shape index (κ3) is 2.49. The zero-order chi connectivity index (χ0) is 8.16. The van der Waals surface area contributed by atoms with Gasteiger partial charge in [0.2, 0.25) is 0 Å². The molecule has 62 valence electrons. The molecule has 0 bridgehead atoms. The molecule has 1 heteroatoms. The molecule has 0 N–H and O–H groups in total. The first kappa shape index (κ1) is 8.51. The highest BCUT2D eigenvalue weighted by Crippen LogP contribution is 2.36. The van der Waals surface area contributed by atoms with Gasteiger partial charge in [0, 0.05) is 0 Å². The third-order valence-electron chi connectivity index (χ3n) is 2.57. The highest BCUT2D eigenvalue weighted by atomic mass is 16.1. The van der Waals surface area contributed by atoms with Gasteiger partial charge in [-0.15, -0.1) is 0 Å². The second-order valence-electron chi connectivity index (χ2n) is 3.71. The molecule has 1 saturated carbocycles. The van der Waals surface area contributed by atoms with Gasteiger partial charge in [-0.2, -0.15) is 0 Å². The van der Waals surface area contributed by atoms with Crippen LogP contribution in [0.4, 0.5) is 0 Å². The van der Waals surface area contributed by atoms with E-state index in [2.05, 4.69) is 13.0 Å². The van der Waals surface area contributed by atoms with Crippen molar-refractivity contribution in [1.82, 2.24) is 0 Å². The van der Waals surface area contributed by atoms with Crippen LogP contribution in [-0.4, -0.2) is 6.29 Å². The van der Waals surface area contributed by atoms with E-state index in [0.29, 0.717) is 5.41 Å². The van der Waals surface area contributed by atoms with Crippen molar-refractivity contribution in [3.05, 3.63) is 12.2 Å². The molecule has 0 atom stereocenters. The second-order valence-corrected chi connectivity index (χ2v) is 3.71. The van der Waals surface area contributed by atoms with Crippen molar-refractivity contribution >= 4 is 6.29 Å². The summed E-state index contributed by atoms with van der Waals surface area (Å²) in [6, 6.07) is 0. The Balaban J connectivity index is 2.49. The minimum absolute atomic E-state index is 0.319. The fourth-order valence-electron chi connectivity index (χ4n) is 1.80. The summed E-state index contributed by atoms with van der Waals surface area (Å²) in [5.41, 5.74) is 0.319. The monoisotopic (exact) mass is 152 g/mol. The van der Waals surface area contributed by atoms with Crippen LogP contribution in [0.5, 0.6) is 0 Å². The van der Waals surface area contributed by atoms with E-state index < -0.39 is 0 Å². The van der Waals surface area contributed by atoms with E-state index in [1.165, 1.54) is 32.1 Å². The fourth-order valence-corrected chi connectivity index (χ4v) is 1.80. The molecule has 0 saturated heterocycles. The van der Waals surface area contributed by atoms with Crippen LogP contribution in [0, 0.1) is 5.41 Å². The highest BCUT2D eigenvalue weighted by Gasteiger charge is 2.22. The molecule has 11 heavy (non-hydrogen) atoms. The Hall–Kier alpha value is -0.590. The maximum atomic E-state index is 10.1. The molecule has 0 heterocycles. The standard InChI is InChI=1S/C10H16O/c1-10(8-5-9-11)6-3-2-4-7-10/h5,8-9H,2-4,6-7H2,1H3/b8-5+. The highest BCUT2D eigenvalue weighted by molar-refractivity contribution is 5.64. The van der Waals surface area contributed by atoms with Gasteiger partial charge in [0.25, 0.3) is 0 Å². The average Bonchev–Trinajstić information content (AvgIpc) is 2.03. The van der Waals surface area contributed by atoms with Crippen molar-refractivity contribution in [3.63, 3.8) is 0 Å². The molecule has 0 aliphatic heterocycles. The average molecular weight is 152 g/mol. The van der Waals surface area contributed by atoms with E-state index in [4.69, 9.17) is 0 Å². The summed E-state index contributed by atoms with van der Waals surface area (Å²) in [6.45, 7) is 2.24. The molecule has 0 spiro atoms. The lowest BCUT2D eigenvalue weighted by Gasteiger charge is -2.30. The number of hydrogen-bond acceptors (Lipinski definition) is 1. The predicted molar refractivity (Wildman–Crippen MR) is 46.4 cm³/mol. The predicted octanol–water partition coefficient (Wildman–Crippen LogP) is 2.71. The van der Waals surface area contributed by atoms with Gasteiger partial charge in [0.15, 0.2) is 0 Å². The van der Waals surface area contributed by atoms with Crippen molar-refractivity contribution in [2.24, 2.45) is 5.41 Å². The van der Waals surface area contributed by atoms with Gasteiger partial charge >= 0.3 is 0 Å². The molecule has 1 aliphatic carbocycles. The van der Waals surface area contributed by atoms with Crippen LogP contribution in [0.25, 0.3) is 0 Å². The minimum Gasteiger partial charge on any atom is -0.299 e. The molecule has 0 aromatic heterocycles. The maximum absolute atomic E-state index is 10.1. The van der Waals surface area contributed by atoms with Crippen molar-refractivity contribution in [1.29, 1.82) is 0 Å². The number of carbonyl (C=O) groups is 1. The van der Waals surface area contributed by atoms with E-state index >= 15 is 0 Å². The van der Waals surface area contributed by atoms with Gasteiger partial charge in [-0.05, 0) is 24.3 Å². The quantitative estimate of drug-likeness (QED) is 0.439. The first-order chi connectivity index (χ1) is 5.27. The molecule has 0 unspecified atom stereocenters. The first-order valence-corrected chi connectivity index (χ1v) is 4.40. The van der Waals surface area contributed by atoms with Gasteiger partial charge in [-0.1, -0.05) is 32.3 Å². The number of rotatable bonds is 2. The van der Waals surface area contributed by atoms with Crippen molar-refractivity contribution in [2.45, 2.75) is 39.0 Å². The van der Waals surface area contributed by atoms with Gasteiger partial charge in [0.1, 0.15) is 6.29 Å². The summed E-state index contributed by atoms with van der Waals surface area (Å²) in [5, 5.41) is 0. The number of aldehydes is 1.